The number of carbonyl (C=O) groups excluding carboxylic acids is 2. The molecule has 0 radical (unpaired) electrons. The lowest BCUT2D eigenvalue weighted by molar-refractivity contribution is -0.121. The number of halogens is 1. The van der Waals surface area contributed by atoms with E-state index in [2.05, 4.69) is 0 Å². The van der Waals surface area contributed by atoms with E-state index in [-0.39, 0.29) is 17.7 Å². The van der Waals surface area contributed by atoms with E-state index >= 15 is 0 Å². The molecule has 0 spiro atoms. The standard InChI is InChI=1S/C21H21ClN2O2/c1-14-12-23(21(26)16-8-10-17(22)11-9-16)18-4-2-3-5-19(18)24(20(14)25)13-15-6-7-15/h2-5,8-11,14-15H,6-7,12-13H2,1H3/t14-/m0/s1. The first-order chi connectivity index (χ1) is 12.5. The second-order valence-electron chi connectivity index (χ2n) is 7.20. The minimum Gasteiger partial charge on any atom is -0.310 e. The number of fused-ring (bicyclic) bond motifs is 1. The molecule has 2 amide bonds. The fraction of sp³-hybridized carbons (Fsp3) is 0.333. The highest BCUT2D eigenvalue weighted by molar-refractivity contribution is 6.30. The van der Waals surface area contributed by atoms with Crippen LogP contribution in [-0.4, -0.2) is 24.9 Å². The Bertz CT molecular complexity index is 845. The second-order valence-corrected chi connectivity index (χ2v) is 7.64. The maximum atomic E-state index is 13.2. The Morgan fingerprint density at radius 3 is 2.38 bits per heavy atom. The van der Waals surface area contributed by atoms with Gasteiger partial charge in [-0.15, -0.1) is 0 Å². The Hall–Kier alpha value is -2.33. The van der Waals surface area contributed by atoms with Crippen molar-refractivity contribution in [3.05, 3.63) is 59.1 Å². The van der Waals surface area contributed by atoms with E-state index in [1.165, 1.54) is 12.8 Å². The van der Waals surface area contributed by atoms with E-state index in [0.717, 1.165) is 17.9 Å². The highest BCUT2D eigenvalue weighted by Gasteiger charge is 2.36. The Balaban J connectivity index is 1.75. The zero-order valence-electron chi connectivity index (χ0n) is 14.7. The molecule has 1 heterocycles. The number of benzene rings is 2. The van der Waals surface area contributed by atoms with Crippen LogP contribution in [0.25, 0.3) is 0 Å². The van der Waals surface area contributed by atoms with Gasteiger partial charge in [0.1, 0.15) is 0 Å². The van der Waals surface area contributed by atoms with Gasteiger partial charge in [-0.05, 0) is 55.2 Å². The summed E-state index contributed by atoms with van der Waals surface area (Å²) >= 11 is 5.95. The number of anilines is 2. The van der Waals surface area contributed by atoms with Crippen LogP contribution < -0.4 is 9.80 Å². The Morgan fingerprint density at radius 1 is 1.08 bits per heavy atom. The summed E-state index contributed by atoms with van der Waals surface area (Å²) in [6.07, 6.45) is 2.35. The molecule has 5 heteroatoms. The molecule has 1 atom stereocenters. The van der Waals surface area contributed by atoms with Gasteiger partial charge in [0.05, 0.1) is 17.3 Å². The number of carbonyl (C=O) groups is 2. The van der Waals surface area contributed by atoms with Crippen molar-refractivity contribution >= 4 is 34.8 Å². The van der Waals surface area contributed by atoms with Gasteiger partial charge in [0, 0.05) is 23.7 Å². The summed E-state index contributed by atoms with van der Waals surface area (Å²) in [5, 5.41) is 0.594. The summed E-state index contributed by atoms with van der Waals surface area (Å²) in [6.45, 7) is 3.01. The number of nitrogens with zero attached hydrogens (tertiary/aromatic N) is 2. The summed E-state index contributed by atoms with van der Waals surface area (Å²) in [7, 11) is 0. The van der Waals surface area contributed by atoms with Crippen LogP contribution in [0.1, 0.15) is 30.1 Å². The zero-order valence-corrected chi connectivity index (χ0v) is 15.4. The molecule has 1 aliphatic heterocycles. The van der Waals surface area contributed by atoms with Gasteiger partial charge in [0.15, 0.2) is 0 Å². The topological polar surface area (TPSA) is 40.6 Å². The van der Waals surface area contributed by atoms with Crippen molar-refractivity contribution in [3.8, 4) is 0 Å². The summed E-state index contributed by atoms with van der Waals surface area (Å²) in [4.78, 5) is 29.8. The highest BCUT2D eigenvalue weighted by atomic mass is 35.5. The van der Waals surface area contributed by atoms with E-state index in [0.29, 0.717) is 23.0 Å². The third-order valence-electron chi connectivity index (χ3n) is 5.08. The molecule has 0 unspecified atom stereocenters. The van der Waals surface area contributed by atoms with Crippen molar-refractivity contribution in [3.63, 3.8) is 0 Å². The van der Waals surface area contributed by atoms with Gasteiger partial charge in [-0.1, -0.05) is 30.7 Å². The number of hydrogen-bond acceptors (Lipinski definition) is 2. The van der Waals surface area contributed by atoms with E-state index in [1.54, 1.807) is 29.2 Å². The number of rotatable bonds is 3. The average molecular weight is 369 g/mol. The Labute approximate surface area is 158 Å². The van der Waals surface area contributed by atoms with Crippen molar-refractivity contribution in [2.24, 2.45) is 11.8 Å². The van der Waals surface area contributed by atoms with Crippen LogP contribution in [0.2, 0.25) is 5.02 Å². The fourth-order valence-corrected chi connectivity index (χ4v) is 3.57. The minimum atomic E-state index is -0.252. The molecular weight excluding hydrogens is 348 g/mol. The molecule has 26 heavy (non-hydrogen) atoms. The van der Waals surface area contributed by atoms with E-state index in [9.17, 15) is 9.59 Å². The number of para-hydroxylation sites is 2. The predicted octanol–water partition coefficient (Wildman–Crippen LogP) is 4.38. The van der Waals surface area contributed by atoms with Gasteiger partial charge in [0.25, 0.3) is 5.91 Å². The van der Waals surface area contributed by atoms with Gasteiger partial charge in [-0.3, -0.25) is 9.59 Å². The lowest BCUT2D eigenvalue weighted by Gasteiger charge is -2.25. The third-order valence-corrected chi connectivity index (χ3v) is 5.33. The Kier molecular flexibility index (Phi) is 4.45. The van der Waals surface area contributed by atoms with Crippen LogP contribution in [-0.2, 0) is 4.79 Å². The molecule has 2 aromatic carbocycles. The lowest BCUT2D eigenvalue weighted by Crippen LogP contribution is -2.39. The molecule has 4 nitrogen and oxygen atoms in total. The third kappa shape index (κ3) is 3.21. The summed E-state index contributed by atoms with van der Waals surface area (Å²) in [5.41, 5.74) is 2.20. The number of hydrogen-bond donors (Lipinski definition) is 0. The van der Waals surface area contributed by atoms with Gasteiger partial charge in [-0.25, -0.2) is 0 Å². The molecule has 1 aliphatic carbocycles. The summed E-state index contributed by atoms with van der Waals surface area (Å²) in [5.74, 6) is 0.313. The normalized spacial score (nSPS) is 19.9. The first-order valence-electron chi connectivity index (χ1n) is 9.02. The predicted molar refractivity (Wildman–Crippen MR) is 104 cm³/mol. The highest BCUT2D eigenvalue weighted by Crippen LogP contribution is 2.38. The summed E-state index contributed by atoms with van der Waals surface area (Å²) < 4.78 is 0. The Morgan fingerprint density at radius 2 is 1.73 bits per heavy atom. The fourth-order valence-electron chi connectivity index (χ4n) is 3.44. The van der Waals surface area contributed by atoms with E-state index in [1.807, 2.05) is 36.1 Å². The van der Waals surface area contributed by atoms with E-state index in [4.69, 9.17) is 11.6 Å². The van der Waals surface area contributed by atoms with Gasteiger partial charge in [0.2, 0.25) is 5.91 Å². The SMILES string of the molecule is C[C@H]1CN(C(=O)c2ccc(Cl)cc2)c2ccccc2N(CC2CC2)C1=O. The molecule has 0 N–H and O–H groups in total. The quantitative estimate of drug-likeness (QED) is 0.806. The molecule has 0 saturated heterocycles. The second kappa shape index (κ2) is 6.76. The summed E-state index contributed by atoms with van der Waals surface area (Å²) in [6, 6.07) is 14.6. The van der Waals surface area contributed by atoms with Gasteiger partial charge >= 0.3 is 0 Å². The van der Waals surface area contributed by atoms with Crippen LogP contribution in [0.5, 0.6) is 0 Å². The van der Waals surface area contributed by atoms with Crippen LogP contribution in [0, 0.1) is 11.8 Å². The molecule has 0 bridgehead atoms. The molecule has 1 saturated carbocycles. The molecule has 0 aromatic heterocycles. The van der Waals surface area contributed by atoms with Crippen LogP contribution in [0.3, 0.4) is 0 Å². The minimum absolute atomic E-state index is 0.0933. The molecule has 1 fully saturated rings. The number of amides is 2. The molecular formula is C21H21ClN2O2. The monoisotopic (exact) mass is 368 g/mol. The first kappa shape index (κ1) is 17.1. The van der Waals surface area contributed by atoms with E-state index < -0.39 is 0 Å². The first-order valence-corrected chi connectivity index (χ1v) is 9.40. The average Bonchev–Trinajstić information content (AvgIpc) is 3.48. The van der Waals surface area contributed by atoms with Crippen LogP contribution >= 0.6 is 11.6 Å². The van der Waals surface area contributed by atoms with Crippen molar-refractivity contribution in [2.75, 3.05) is 22.9 Å². The van der Waals surface area contributed by atoms with Crippen molar-refractivity contribution in [2.45, 2.75) is 19.8 Å². The maximum absolute atomic E-state index is 13.2. The molecule has 134 valence electrons. The van der Waals surface area contributed by atoms with Crippen molar-refractivity contribution < 1.29 is 9.59 Å². The maximum Gasteiger partial charge on any atom is 0.258 e. The largest absolute Gasteiger partial charge is 0.310 e. The van der Waals surface area contributed by atoms with Gasteiger partial charge in [-0.2, -0.15) is 0 Å². The smallest absolute Gasteiger partial charge is 0.258 e. The van der Waals surface area contributed by atoms with Crippen molar-refractivity contribution in [1.29, 1.82) is 0 Å². The lowest BCUT2D eigenvalue weighted by atomic mass is 10.1. The van der Waals surface area contributed by atoms with Crippen molar-refractivity contribution in [1.82, 2.24) is 0 Å². The molecule has 4 rings (SSSR count). The zero-order chi connectivity index (χ0) is 18.3. The molecule has 2 aliphatic rings. The molecule has 2 aromatic rings. The van der Waals surface area contributed by atoms with Crippen LogP contribution in [0.4, 0.5) is 11.4 Å². The van der Waals surface area contributed by atoms with Gasteiger partial charge < -0.3 is 9.80 Å². The van der Waals surface area contributed by atoms with Crippen LogP contribution in [0.15, 0.2) is 48.5 Å².